The number of hydroxylamine groups is 2. The fourth-order valence-electron chi connectivity index (χ4n) is 1.29. The molecule has 0 aliphatic carbocycles. The van der Waals surface area contributed by atoms with Crippen LogP contribution in [0.4, 0.5) is 0 Å². The molecule has 0 N–H and O–H groups in total. The first-order chi connectivity index (χ1) is 6.34. The van der Waals surface area contributed by atoms with E-state index in [-0.39, 0.29) is 5.91 Å². The Balaban J connectivity index is 2.13. The number of carbonyl (C=O) groups excluding carboxylic acids is 1. The molecule has 0 bridgehead atoms. The molecule has 1 rings (SSSR count). The largest absolute Gasteiger partial charge is 0.385 e. The summed E-state index contributed by atoms with van der Waals surface area (Å²) in [4.78, 5) is 16.6. The average Bonchev–Trinajstić information content (AvgIpc) is 2.19. The van der Waals surface area contributed by atoms with Gasteiger partial charge < -0.3 is 4.74 Å². The first-order valence-electron chi connectivity index (χ1n) is 4.77. The van der Waals surface area contributed by atoms with Crippen molar-refractivity contribution in [3.8, 4) is 0 Å². The fourth-order valence-corrected chi connectivity index (χ4v) is 1.29. The molecule has 1 aliphatic heterocycles. The number of amides is 1. The fraction of sp³-hybridized carbons (Fsp3) is 0.889. The van der Waals surface area contributed by atoms with Gasteiger partial charge in [0.25, 0.3) is 0 Å². The predicted molar refractivity (Wildman–Crippen MR) is 48.0 cm³/mol. The van der Waals surface area contributed by atoms with Crippen molar-refractivity contribution >= 4 is 5.91 Å². The maximum absolute atomic E-state index is 11.4. The highest BCUT2D eigenvalue weighted by Gasteiger charge is 2.16. The summed E-state index contributed by atoms with van der Waals surface area (Å²) in [6.45, 7) is 2.06. The standard InChI is InChI=1S/C9H17NO3/c1-12-7-4-5-9(11)10-6-2-3-8-13-10/h2-8H2,1H3. The second-order valence-electron chi connectivity index (χ2n) is 3.13. The molecule has 0 aromatic carbocycles. The van der Waals surface area contributed by atoms with Crippen molar-refractivity contribution in [2.45, 2.75) is 25.7 Å². The van der Waals surface area contributed by atoms with Crippen molar-refractivity contribution in [1.29, 1.82) is 0 Å². The minimum atomic E-state index is 0.0803. The summed E-state index contributed by atoms with van der Waals surface area (Å²) in [5, 5.41) is 1.49. The number of hydrogen-bond acceptors (Lipinski definition) is 3. The van der Waals surface area contributed by atoms with Gasteiger partial charge in [0.15, 0.2) is 0 Å². The molecule has 13 heavy (non-hydrogen) atoms. The van der Waals surface area contributed by atoms with Crippen molar-refractivity contribution in [1.82, 2.24) is 5.06 Å². The predicted octanol–water partition coefficient (Wildman–Crippen LogP) is 0.967. The smallest absolute Gasteiger partial charge is 0.246 e. The van der Waals surface area contributed by atoms with Gasteiger partial charge in [-0.25, -0.2) is 5.06 Å². The van der Waals surface area contributed by atoms with Crippen molar-refractivity contribution in [3.63, 3.8) is 0 Å². The molecule has 76 valence electrons. The number of carbonyl (C=O) groups is 1. The molecule has 1 heterocycles. The zero-order valence-corrected chi connectivity index (χ0v) is 8.12. The highest BCUT2D eigenvalue weighted by Crippen LogP contribution is 2.08. The molecule has 1 aliphatic rings. The Labute approximate surface area is 78.8 Å². The van der Waals surface area contributed by atoms with Gasteiger partial charge in [0.2, 0.25) is 5.91 Å². The first-order valence-corrected chi connectivity index (χ1v) is 4.77. The Kier molecular flexibility index (Phi) is 4.78. The van der Waals surface area contributed by atoms with E-state index in [4.69, 9.17) is 9.57 Å². The van der Waals surface area contributed by atoms with Gasteiger partial charge in [0.1, 0.15) is 0 Å². The molecule has 0 aromatic heterocycles. The zero-order valence-electron chi connectivity index (χ0n) is 8.12. The van der Waals surface area contributed by atoms with E-state index in [0.717, 1.165) is 25.8 Å². The topological polar surface area (TPSA) is 38.8 Å². The molecular weight excluding hydrogens is 170 g/mol. The van der Waals surface area contributed by atoms with E-state index < -0.39 is 0 Å². The van der Waals surface area contributed by atoms with E-state index in [1.54, 1.807) is 7.11 Å². The van der Waals surface area contributed by atoms with Crippen LogP contribution < -0.4 is 0 Å². The molecule has 0 saturated carbocycles. The molecule has 0 atom stereocenters. The molecule has 1 saturated heterocycles. The van der Waals surface area contributed by atoms with Gasteiger partial charge in [-0.1, -0.05) is 0 Å². The summed E-state index contributed by atoms with van der Waals surface area (Å²) < 4.78 is 4.87. The van der Waals surface area contributed by atoms with E-state index >= 15 is 0 Å². The van der Waals surface area contributed by atoms with Crippen molar-refractivity contribution in [3.05, 3.63) is 0 Å². The van der Waals surface area contributed by atoms with Crippen molar-refractivity contribution in [2.75, 3.05) is 26.9 Å². The molecule has 0 unspecified atom stereocenters. The van der Waals surface area contributed by atoms with E-state index in [9.17, 15) is 4.79 Å². The summed E-state index contributed by atoms with van der Waals surface area (Å²) in [5.74, 6) is 0.0803. The van der Waals surface area contributed by atoms with Gasteiger partial charge >= 0.3 is 0 Å². The Morgan fingerprint density at radius 1 is 1.54 bits per heavy atom. The minimum Gasteiger partial charge on any atom is -0.385 e. The van der Waals surface area contributed by atoms with Crippen LogP contribution in [0.15, 0.2) is 0 Å². The van der Waals surface area contributed by atoms with Gasteiger partial charge in [-0.2, -0.15) is 0 Å². The van der Waals surface area contributed by atoms with Crippen molar-refractivity contribution in [2.24, 2.45) is 0 Å². The third-order valence-corrected chi connectivity index (χ3v) is 2.02. The van der Waals surface area contributed by atoms with Gasteiger partial charge in [-0.3, -0.25) is 9.63 Å². The van der Waals surface area contributed by atoms with E-state index in [0.29, 0.717) is 19.6 Å². The summed E-state index contributed by atoms with van der Waals surface area (Å²) in [6, 6.07) is 0. The summed E-state index contributed by atoms with van der Waals surface area (Å²) >= 11 is 0. The lowest BCUT2D eigenvalue weighted by atomic mass is 10.2. The molecule has 0 aromatic rings. The van der Waals surface area contributed by atoms with Gasteiger partial charge in [-0.05, 0) is 19.3 Å². The van der Waals surface area contributed by atoms with Crippen LogP contribution in [0.3, 0.4) is 0 Å². The molecule has 0 spiro atoms. The number of nitrogens with zero attached hydrogens (tertiary/aromatic N) is 1. The van der Waals surface area contributed by atoms with E-state index in [1.165, 1.54) is 5.06 Å². The number of ether oxygens (including phenoxy) is 1. The number of rotatable bonds is 4. The SMILES string of the molecule is COCCCC(=O)N1CCCCO1. The lowest BCUT2D eigenvalue weighted by Crippen LogP contribution is -2.35. The molecular formula is C9H17NO3. The molecule has 4 heteroatoms. The zero-order chi connectivity index (χ0) is 9.52. The van der Waals surface area contributed by atoms with Gasteiger partial charge in [0.05, 0.1) is 6.61 Å². The van der Waals surface area contributed by atoms with Crippen molar-refractivity contribution < 1.29 is 14.4 Å². The molecule has 1 fully saturated rings. The van der Waals surface area contributed by atoms with Crippen LogP contribution >= 0.6 is 0 Å². The second-order valence-corrected chi connectivity index (χ2v) is 3.13. The Morgan fingerprint density at radius 3 is 3.00 bits per heavy atom. The van der Waals surface area contributed by atoms with Crippen LogP contribution in [-0.4, -0.2) is 37.8 Å². The minimum absolute atomic E-state index is 0.0803. The highest BCUT2D eigenvalue weighted by molar-refractivity contribution is 5.75. The van der Waals surface area contributed by atoms with Crippen LogP contribution in [0, 0.1) is 0 Å². The number of methoxy groups -OCH3 is 1. The van der Waals surface area contributed by atoms with Gasteiger partial charge in [0, 0.05) is 26.7 Å². The number of hydrogen-bond donors (Lipinski definition) is 0. The Hall–Kier alpha value is -0.610. The van der Waals surface area contributed by atoms with E-state index in [1.807, 2.05) is 0 Å². The van der Waals surface area contributed by atoms with Crippen LogP contribution in [0.25, 0.3) is 0 Å². The quantitative estimate of drug-likeness (QED) is 0.615. The maximum Gasteiger partial charge on any atom is 0.246 e. The Morgan fingerprint density at radius 2 is 2.38 bits per heavy atom. The van der Waals surface area contributed by atoms with Gasteiger partial charge in [-0.15, -0.1) is 0 Å². The molecule has 1 amide bonds. The van der Waals surface area contributed by atoms with Crippen LogP contribution in [0.2, 0.25) is 0 Å². The molecule has 4 nitrogen and oxygen atoms in total. The van der Waals surface area contributed by atoms with Crippen LogP contribution in [0.1, 0.15) is 25.7 Å². The highest BCUT2D eigenvalue weighted by atomic mass is 16.7. The van der Waals surface area contributed by atoms with Crippen LogP contribution in [-0.2, 0) is 14.4 Å². The summed E-state index contributed by atoms with van der Waals surface area (Å²) in [6.07, 6.45) is 3.40. The maximum atomic E-state index is 11.4. The summed E-state index contributed by atoms with van der Waals surface area (Å²) in [5.41, 5.74) is 0. The van der Waals surface area contributed by atoms with Crippen LogP contribution in [0.5, 0.6) is 0 Å². The van der Waals surface area contributed by atoms with E-state index in [2.05, 4.69) is 0 Å². The second kappa shape index (κ2) is 5.94. The summed E-state index contributed by atoms with van der Waals surface area (Å²) in [7, 11) is 1.64. The Bertz CT molecular complexity index is 155. The third-order valence-electron chi connectivity index (χ3n) is 2.02. The normalized spacial score (nSPS) is 17.5. The lowest BCUT2D eigenvalue weighted by molar-refractivity contribution is -0.197. The monoisotopic (exact) mass is 187 g/mol. The molecule has 0 radical (unpaired) electrons. The average molecular weight is 187 g/mol. The first kappa shape index (κ1) is 10.5. The third kappa shape index (κ3) is 3.74. The lowest BCUT2D eigenvalue weighted by Gasteiger charge is -2.25.